The standard InChI is InChI=1S/C27H30N2O5/c1-27(2)12-10-20-21(34-27)15-22(24-18-8-6-9-19(18)26(31)33-25(20)24)32-16-23(30)29(3)14-11-17-7-4-5-13-28-17/h4-5,7,13,15H,6,8-12,14,16H2,1-3H3. The Kier molecular flexibility index (Phi) is 5.80. The molecular weight excluding hydrogens is 432 g/mol. The van der Waals surface area contributed by atoms with Gasteiger partial charge in [-0.1, -0.05) is 6.07 Å². The quantitative estimate of drug-likeness (QED) is 0.518. The van der Waals surface area contributed by atoms with Gasteiger partial charge in [-0.05, 0) is 63.6 Å². The van der Waals surface area contributed by atoms with Crippen LogP contribution in [0.3, 0.4) is 0 Å². The number of aryl methyl sites for hydroxylation is 2. The molecule has 0 radical (unpaired) electrons. The highest BCUT2D eigenvalue weighted by Crippen LogP contribution is 2.44. The SMILES string of the molecule is CN(CCc1ccccn1)C(=O)COc1cc2c(c3oc(=O)c4c(c13)CCC4)CCC(C)(C)O2. The van der Waals surface area contributed by atoms with Crippen molar-refractivity contribution < 1.29 is 18.7 Å². The molecule has 0 saturated carbocycles. The van der Waals surface area contributed by atoms with Crippen LogP contribution >= 0.6 is 0 Å². The first-order chi connectivity index (χ1) is 16.3. The van der Waals surface area contributed by atoms with Gasteiger partial charge in [0.05, 0.1) is 5.39 Å². The zero-order chi connectivity index (χ0) is 23.9. The topological polar surface area (TPSA) is 81.9 Å². The van der Waals surface area contributed by atoms with Crippen LogP contribution in [0.15, 0.2) is 39.7 Å². The Morgan fingerprint density at radius 1 is 1.18 bits per heavy atom. The van der Waals surface area contributed by atoms with Gasteiger partial charge in [0.25, 0.3) is 5.91 Å². The number of aromatic nitrogens is 1. The van der Waals surface area contributed by atoms with Crippen LogP contribution in [0, 0.1) is 0 Å². The fourth-order valence-electron chi connectivity index (χ4n) is 4.87. The van der Waals surface area contributed by atoms with E-state index in [1.165, 1.54) is 0 Å². The smallest absolute Gasteiger partial charge is 0.339 e. The number of carbonyl (C=O) groups excluding carboxylic acids is 1. The van der Waals surface area contributed by atoms with Gasteiger partial charge in [0.15, 0.2) is 6.61 Å². The third-order valence-corrected chi connectivity index (χ3v) is 6.84. The number of rotatable bonds is 6. The van der Waals surface area contributed by atoms with Gasteiger partial charge in [-0.25, -0.2) is 4.79 Å². The third kappa shape index (κ3) is 4.27. The van der Waals surface area contributed by atoms with Gasteiger partial charge >= 0.3 is 5.63 Å². The summed E-state index contributed by atoms with van der Waals surface area (Å²) in [6.07, 6.45) is 6.44. The monoisotopic (exact) mass is 462 g/mol. The highest BCUT2D eigenvalue weighted by atomic mass is 16.5. The van der Waals surface area contributed by atoms with E-state index >= 15 is 0 Å². The van der Waals surface area contributed by atoms with Gasteiger partial charge in [-0.15, -0.1) is 0 Å². The van der Waals surface area contributed by atoms with Gasteiger partial charge in [-0.3, -0.25) is 9.78 Å². The zero-order valence-corrected chi connectivity index (χ0v) is 20.0. The Morgan fingerprint density at radius 3 is 2.79 bits per heavy atom. The summed E-state index contributed by atoms with van der Waals surface area (Å²) in [7, 11) is 1.77. The van der Waals surface area contributed by atoms with Crippen molar-refractivity contribution >= 4 is 16.9 Å². The normalized spacial score (nSPS) is 16.0. The summed E-state index contributed by atoms with van der Waals surface area (Å²) in [6, 6.07) is 7.63. The number of hydrogen-bond acceptors (Lipinski definition) is 6. The Labute approximate surface area is 198 Å². The van der Waals surface area contributed by atoms with Crippen LogP contribution in [0.1, 0.15) is 49.1 Å². The van der Waals surface area contributed by atoms with Crippen molar-refractivity contribution in [1.29, 1.82) is 0 Å². The minimum absolute atomic E-state index is 0.107. The molecule has 0 unspecified atom stereocenters. The second-order valence-corrected chi connectivity index (χ2v) is 9.79. The van der Waals surface area contributed by atoms with Crippen molar-refractivity contribution in [2.45, 2.75) is 58.0 Å². The van der Waals surface area contributed by atoms with Crippen LogP contribution < -0.4 is 15.1 Å². The molecule has 0 atom stereocenters. The fraction of sp³-hybridized carbons (Fsp3) is 0.444. The van der Waals surface area contributed by atoms with Crippen LogP contribution in [0.2, 0.25) is 0 Å². The van der Waals surface area contributed by atoms with Crippen molar-refractivity contribution in [3.8, 4) is 11.5 Å². The van der Waals surface area contributed by atoms with Crippen molar-refractivity contribution in [3.05, 3.63) is 63.3 Å². The average Bonchev–Trinajstić information content (AvgIpc) is 3.31. The summed E-state index contributed by atoms with van der Waals surface area (Å²) in [4.78, 5) is 31.5. The Balaban J connectivity index is 1.43. The lowest BCUT2D eigenvalue weighted by atomic mass is 9.91. The van der Waals surface area contributed by atoms with E-state index < -0.39 is 0 Å². The lowest BCUT2D eigenvalue weighted by molar-refractivity contribution is -0.132. The molecule has 0 bridgehead atoms. The third-order valence-electron chi connectivity index (χ3n) is 6.84. The zero-order valence-electron chi connectivity index (χ0n) is 20.0. The molecule has 5 rings (SSSR count). The summed E-state index contributed by atoms with van der Waals surface area (Å²) in [6.45, 7) is 4.52. The number of hydrogen-bond donors (Lipinski definition) is 0. The maximum Gasteiger partial charge on any atom is 0.339 e. The van der Waals surface area contributed by atoms with E-state index in [-0.39, 0.29) is 23.7 Å². The Morgan fingerprint density at radius 2 is 2.00 bits per heavy atom. The number of fused-ring (bicyclic) bond motifs is 5. The molecule has 7 heteroatoms. The van der Waals surface area contributed by atoms with Gasteiger partial charge in [0.2, 0.25) is 0 Å². The lowest BCUT2D eigenvalue weighted by Crippen LogP contribution is -2.34. The number of nitrogens with zero attached hydrogens (tertiary/aromatic N) is 2. The summed E-state index contributed by atoms with van der Waals surface area (Å²) in [5, 5.41) is 0.818. The van der Waals surface area contributed by atoms with E-state index in [9.17, 15) is 9.59 Å². The predicted molar refractivity (Wildman–Crippen MR) is 129 cm³/mol. The molecule has 34 heavy (non-hydrogen) atoms. The van der Waals surface area contributed by atoms with Gasteiger partial charge in [-0.2, -0.15) is 0 Å². The first kappa shape index (κ1) is 22.4. The molecule has 3 aromatic rings. The number of carbonyl (C=O) groups is 1. The van der Waals surface area contributed by atoms with E-state index in [1.807, 2.05) is 38.1 Å². The molecule has 2 aromatic heterocycles. The first-order valence-electron chi connectivity index (χ1n) is 11.9. The van der Waals surface area contributed by atoms with Gasteiger partial charge in [0, 0.05) is 49.1 Å². The molecule has 2 aliphatic rings. The second kappa shape index (κ2) is 8.78. The summed E-state index contributed by atoms with van der Waals surface area (Å²) in [5.41, 5.74) is 3.52. The molecule has 1 aliphatic heterocycles. The maximum atomic E-state index is 12.8. The van der Waals surface area contributed by atoms with Crippen molar-refractivity contribution in [2.24, 2.45) is 0 Å². The number of ether oxygens (including phenoxy) is 2. The minimum Gasteiger partial charge on any atom is -0.487 e. The average molecular weight is 463 g/mol. The molecule has 0 spiro atoms. The van der Waals surface area contributed by atoms with E-state index in [4.69, 9.17) is 13.9 Å². The van der Waals surface area contributed by atoms with Crippen molar-refractivity contribution in [2.75, 3.05) is 20.2 Å². The van der Waals surface area contributed by atoms with E-state index in [0.29, 0.717) is 36.5 Å². The molecule has 1 aromatic carbocycles. The molecule has 1 amide bonds. The number of amides is 1. The fourth-order valence-corrected chi connectivity index (χ4v) is 4.87. The molecule has 0 N–H and O–H groups in total. The molecule has 178 valence electrons. The van der Waals surface area contributed by atoms with E-state index in [1.54, 1.807) is 18.1 Å². The molecule has 7 nitrogen and oxygen atoms in total. The maximum absolute atomic E-state index is 12.8. The highest BCUT2D eigenvalue weighted by Gasteiger charge is 2.32. The van der Waals surface area contributed by atoms with Crippen LogP contribution in [-0.4, -0.2) is 41.6 Å². The van der Waals surface area contributed by atoms with Gasteiger partial charge in [0.1, 0.15) is 22.7 Å². The number of likely N-dealkylation sites (N-methyl/N-ethyl adjacent to an activating group) is 1. The van der Waals surface area contributed by atoms with Crippen LogP contribution in [0.25, 0.3) is 11.0 Å². The van der Waals surface area contributed by atoms with Crippen LogP contribution in [0.4, 0.5) is 0 Å². The molecule has 0 saturated heterocycles. The van der Waals surface area contributed by atoms with Crippen LogP contribution in [0.5, 0.6) is 11.5 Å². The molecule has 0 fully saturated rings. The van der Waals surface area contributed by atoms with Gasteiger partial charge < -0.3 is 18.8 Å². The van der Waals surface area contributed by atoms with Crippen molar-refractivity contribution in [3.63, 3.8) is 0 Å². The molecular formula is C27H30N2O5. The minimum atomic E-state index is -0.323. The largest absolute Gasteiger partial charge is 0.487 e. The van der Waals surface area contributed by atoms with E-state index in [2.05, 4.69) is 4.98 Å². The summed E-state index contributed by atoms with van der Waals surface area (Å²) in [5.74, 6) is 1.08. The first-order valence-corrected chi connectivity index (χ1v) is 11.9. The highest BCUT2D eigenvalue weighted by molar-refractivity contribution is 5.93. The lowest BCUT2D eigenvalue weighted by Gasteiger charge is -2.33. The molecule has 3 heterocycles. The van der Waals surface area contributed by atoms with E-state index in [0.717, 1.165) is 53.5 Å². The molecule has 1 aliphatic carbocycles. The Hall–Kier alpha value is -3.35. The summed E-state index contributed by atoms with van der Waals surface area (Å²) < 4.78 is 18.2. The summed E-state index contributed by atoms with van der Waals surface area (Å²) >= 11 is 0. The van der Waals surface area contributed by atoms with Crippen molar-refractivity contribution in [1.82, 2.24) is 9.88 Å². The predicted octanol–water partition coefficient (Wildman–Crippen LogP) is 3.86. The second-order valence-electron chi connectivity index (χ2n) is 9.79. The number of benzene rings is 1. The van der Waals surface area contributed by atoms with Crippen LogP contribution in [-0.2, 0) is 30.5 Å². The number of pyridine rings is 1. The Bertz CT molecular complexity index is 1300.